The van der Waals surface area contributed by atoms with Crippen molar-refractivity contribution in [3.8, 4) is 0 Å². The van der Waals surface area contributed by atoms with Gasteiger partial charge in [-0.05, 0) is 0 Å². The molecule has 0 aliphatic carbocycles. The fraction of sp³-hybridized carbons (Fsp3) is 0.800. The number of esters is 1. The van der Waals surface area contributed by atoms with E-state index in [1.807, 2.05) is 0 Å². The highest BCUT2D eigenvalue weighted by Crippen LogP contribution is 2.49. The molecule has 0 aromatic rings. The van der Waals surface area contributed by atoms with E-state index in [4.69, 9.17) is 0 Å². The molecule has 0 aromatic heterocycles. The fourth-order valence-corrected chi connectivity index (χ4v) is 0.773. The van der Waals surface area contributed by atoms with E-state index in [0.717, 1.165) is 0 Å². The number of alkyl halides is 7. The monoisotopic (exact) mass is 336 g/mol. The van der Waals surface area contributed by atoms with Gasteiger partial charge in [0.05, 0.1) is 7.11 Å². The molecule has 0 rings (SSSR count). The Kier molecular flexibility index (Phi) is 3.68. The first-order chi connectivity index (χ1) is 5.98. The van der Waals surface area contributed by atoms with Gasteiger partial charge in [-0.25, -0.2) is 4.79 Å². The summed E-state index contributed by atoms with van der Waals surface area (Å²) in [6.45, 7) is 0. The third kappa shape index (κ3) is 2.06. The number of hydrogen-bond acceptors (Lipinski definition) is 2. The van der Waals surface area contributed by atoms with Gasteiger partial charge in [-0.15, -0.1) is 0 Å². The summed E-state index contributed by atoms with van der Waals surface area (Å²) >= 11 is -0.177. The highest BCUT2D eigenvalue weighted by Gasteiger charge is 2.75. The van der Waals surface area contributed by atoms with Gasteiger partial charge in [0, 0.05) is 22.6 Å². The highest BCUT2D eigenvalue weighted by molar-refractivity contribution is 14.1. The van der Waals surface area contributed by atoms with Gasteiger partial charge in [-0.1, -0.05) is 0 Å². The van der Waals surface area contributed by atoms with E-state index in [9.17, 15) is 31.1 Å². The van der Waals surface area contributed by atoms with Gasteiger partial charge >= 0.3 is 21.7 Å². The summed E-state index contributed by atoms with van der Waals surface area (Å²) in [4.78, 5) is 10.1. The summed E-state index contributed by atoms with van der Waals surface area (Å²) in [7, 11) is 0.387. The predicted molar refractivity (Wildman–Crippen MR) is 40.9 cm³/mol. The quantitative estimate of drug-likeness (QED) is 0.343. The van der Waals surface area contributed by atoms with Crippen molar-refractivity contribution in [2.45, 2.75) is 15.8 Å². The molecule has 0 unspecified atom stereocenters. The molecule has 0 heterocycles. The van der Waals surface area contributed by atoms with E-state index in [1.165, 1.54) is 0 Å². The second kappa shape index (κ2) is 3.74. The molecule has 0 radical (unpaired) electrons. The summed E-state index contributed by atoms with van der Waals surface area (Å²) in [5, 5.41) is 0. The number of halogens is 7. The lowest BCUT2D eigenvalue weighted by Gasteiger charge is -2.27. The van der Waals surface area contributed by atoms with Crippen LogP contribution in [0.1, 0.15) is 0 Å². The van der Waals surface area contributed by atoms with Gasteiger partial charge in [0.15, 0.2) is 0 Å². The van der Waals surface area contributed by atoms with Gasteiger partial charge in [-0.3, -0.25) is 0 Å². The Morgan fingerprint density at radius 2 is 1.50 bits per heavy atom. The minimum absolute atomic E-state index is 0.177. The van der Waals surface area contributed by atoms with E-state index >= 15 is 0 Å². The van der Waals surface area contributed by atoms with E-state index in [2.05, 4.69) is 4.74 Å². The maximum atomic E-state index is 12.4. The van der Waals surface area contributed by atoms with Crippen LogP contribution in [-0.2, 0) is 9.53 Å². The van der Waals surface area contributed by atoms with Crippen LogP contribution >= 0.6 is 22.6 Å². The van der Waals surface area contributed by atoms with Crippen molar-refractivity contribution in [2.75, 3.05) is 7.11 Å². The lowest BCUT2D eigenvalue weighted by atomic mass is 10.2. The van der Waals surface area contributed by atoms with Crippen molar-refractivity contribution >= 4 is 28.6 Å². The topological polar surface area (TPSA) is 26.3 Å². The molecule has 0 saturated heterocycles. The van der Waals surface area contributed by atoms with Crippen molar-refractivity contribution in [2.24, 2.45) is 0 Å². The number of carbonyl (C=O) groups is 1. The van der Waals surface area contributed by atoms with Crippen LogP contribution in [0, 0.1) is 0 Å². The largest absolute Gasteiger partial charge is 0.464 e. The summed E-state index contributed by atoms with van der Waals surface area (Å²) in [6.07, 6.45) is 0. The minimum Gasteiger partial charge on any atom is -0.464 e. The maximum Gasteiger partial charge on any atom is 0.411 e. The lowest BCUT2D eigenvalue weighted by molar-refractivity contribution is -0.269. The Hall–Kier alpha value is -0.220. The number of carbonyl (C=O) groups excluding carboxylic acids is 1. The van der Waals surface area contributed by atoms with Gasteiger partial charge in [0.1, 0.15) is 0 Å². The molecule has 0 aromatic carbocycles. The first kappa shape index (κ1) is 13.8. The molecular weight excluding hydrogens is 333 g/mol. The number of hydrogen-bond donors (Lipinski definition) is 0. The van der Waals surface area contributed by atoms with Crippen LogP contribution in [0.25, 0.3) is 0 Å². The molecule has 2 nitrogen and oxygen atoms in total. The van der Waals surface area contributed by atoms with Gasteiger partial charge in [0.25, 0.3) is 0 Å². The summed E-state index contributed by atoms with van der Waals surface area (Å²) < 4.78 is 71.8. The zero-order valence-electron chi connectivity index (χ0n) is 6.46. The van der Waals surface area contributed by atoms with Gasteiger partial charge < -0.3 is 4.74 Å². The Labute approximate surface area is 87.7 Å². The molecule has 0 fully saturated rings. The molecule has 0 saturated carbocycles. The molecule has 0 amide bonds. The van der Waals surface area contributed by atoms with E-state index in [0.29, 0.717) is 7.11 Å². The molecule has 0 atom stereocenters. The zero-order chi connectivity index (χ0) is 11.8. The molecule has 0 N–H and O–H groups in total. The second-order valence-electron chi connectivity index (χ2n) is 2.14. The first-order valence-electron chi connectivity index (χ1n) is 2.89. The normalized spacial score (nSPS) is 14.0. The minimum atomic E-state index is -5.80. The lowest BCUT2D eigenvalue weighted by Crippen LogP contribution is -2.55. The summed E-state index contributed by atoms with van der Waals surface area (Å²) in [6, 6.07) is 0. The number of ether oxygens (including phenoxy) is 1. The molecule has 0 bridgehead atoms. The van der Waals surface area contributed by atoms with Crippen LogP contribution in [0.3, 0.4) is 0 Å². The Bertz CT molecular complexity index is 235. The first-order valence-corrected chi connectivity index (χ1v) is 3.97. The van der Waals surface area contributed by atoms with Crippen molar-refractivity contribution in [1.29, 1.82) is 0 Å². The van der Waals surface area contributed by atoms with Crippen LogP contribution in [-0.4, -0.2) is 28.9 Å². The predicted octanol–water partition coefficient (Wildman–Crippen LogP) is 2.46. The molecule has 9 heteroatoms. The number of rotatable bonds is 3. The molecule has 0 aliphatic rings. The van der Waals surface area contributed by atoms with Crippen molar-refractivity contribution < 1.29 is 35.9 Å². The Morgan fingerprint density at radius 3 is 1.71 bits per heavy atom. The Balaban J connectivity index is 5.18. The molecule has 0 aliphatic heterocycles. The van der Waals surface area contributed by atoms with Crippen molar-refractivity contribution in [1.82, 2.24) is 0 Å². The molecular formula is C5H3F6IO2. The molecule has 14 heavy (non-hydrogen) atoms. The van der Waals surface area contributed by atoms with Crippen LogP contribution < -0.4 is 0 Å². The van der Waals surface area contributed by atoms with E-state index in [1.54, 1.807) is 0 Å². The van der Waals surface area contributed by atoms with Crippen LogP contribution in [0.15, 0.2) is 0 Å². The second-order valence-corrected chi connectivity index (χ2v) is 3.49. The molecule has 0 spiro atoms. The standard InChI is InChI=1S/C5H3F6IO2/c1-14-2(13)3(6,7)4(8,9)5(10,11)12/h1H3. The van der Waals surface area contributed by atoms with Crippen LogP contribution in [0.5, 0.6) is 0 Å². The summed E-state index contributed by atoms with van der Waals surface area (Å²) in [5.74, 6) is -14.1. The molecule has 84 valence electrons. The number of methoxy groups -OCH3 is 1. The van der Waals surface area contributed by atoms with Gasteiger partial charge in [0.2, 0.25) is 0 Å². The van der Waals surface area contributed by atoms with Crippen LogP contribution in [0.2, 0.25) is 0 Å². The van der Waals surface area contributed by atoms with Crippen LogP contribution in [0.4, 0.5) is 26.3 Å². The average Bonchev–Trinajstić information content (AvgIpc) is 2.00. The third-order valence-corrected chi connectivity index (χ3v) is 1.87. The smallest absolute Gasteiger partial charge is 0.411 e. The fourth-order valence-electron chi connectivity index (χ4n) is 0.434. The third-order valence-electron chi connectivity index (χ3n) is 1.19. The average molecular weight is 336 g/mol. The Morgan fingerprint density at radius 1 is 1.14 bits per heavy atom. The van der Waals surface area contributed by atoms with E-state index in [-0.39, 0.29) is 22.6 Å². The van der Waals surface area contributed by atoms with Crippen molar-refractivity contribution in [3.63, 3.8) is 0 Å². The maximum absolute atomic E-state index is 12.4. The SMILES string of the molecule is COC(=O)C(F)(F)C(F)(F)C(F)(F)I. The highest BCUT2D eigenvalue weighted by atomic mass is 127. The van der Waals surface area contributed by atoms with Gasteiger partial charge in [-0.2, -0.15) is 26.3 Å². The van der Waals surface area contributed by atoms with E-state index < -0.39 is 21.7 Å². The summed E-state index contributed by atoms with van der Waals surface area (Å²) in [5.41, 5.74) is 0. The van der Waals surface area contributed by atoms with Crippen molar-refractivity contribution in [3.05, 3.63) is 0 Å². The zero-order valence-corrected chi connectivity index (χ0v) is 8.62.